The molecule has 0 radical (unpaired) electrons. The first kappa shape index (κ1) is 18.4. The van der Waals surface area contributed by atoms with E-state index in [9.17, 15) is 4.79 Å². The molecule has 0 aliphatic heterocycles. The van der Waals surface area contributed by atoms with Crippen LogP contribution in [0.2, 0.25) is 0 Å². The largest absolute Gasteiger partial charge is 0.423 e. The Morgan fingerprint density at radius 3 is 2.23 bits per heavy atom. The summed E-state index contributed by atoms with van der Waals surface area (Å²) < 4.78 is 5.10. The van der Waals surface area contributed by atoms with E-state index in [4.69, 9.17) is 9.84 Å². The monoisotopic (exact) mass is 304 g/mol. The van der Waals surface area contributed by atoms with Crippen molar-refractivity contribution in [2.75, 3.05) is 6.61 Å². The van der Waals surface area contributed by atoms with Gasteiger partial charge in [-0.05, 0) is 30.5 Å². The number of aliphatic hydroxyl groups is 1. The summed E-state index contributed by atoms with van der Waals surface area (Å²) in [6.45, 7) is 5.30. The van der Waals surface area contributed by atoms with Crippen molar-refractivity contribution in [3.8, 4) is 5.75 Å². The molecule has 122 valence electrons. The van der Waals surface area contributed by atoms with Gasteiger partial charge in [0.05, 0.1) is 12.2 Å². The van der Waals surface area contributed by atoms with Crippen LogP contribution in [0.25, 0.3) is 0 Å². The van der Waals surface area contributed by atoms with Crippen LogP contribution in [0.4, 0.5) is 0 Å². The number of aliphatic hydroxyl groups excluding tert-OH is 1. The van der Waals surface area contributed by atoms with Crippen molar-refractivity contribution in [3.63, 3.8) is 0 Å². The Hall–Kier alpha value is -1.61. The Kier molecular flexibility index (Phi) is 9.24. The van der Waals surface area contributed by atoms with E-state index >= 15 is 0 Å². The molecule has 0 atom stereocenters. The molecule has 0 aliphatic rings. The predicted molar refractivity (Wildman–Crippen MR) is 90.0 cm³/mol. The van der Waals surface area contributed by atoms with Crippen LogP contribution in [0.1, 0.15) is 57.4 Å². The molecule has 0 aliphatic carbocycles. The van der Waals surface area contributed by atoms with E-state index in [2.05, 4.69) is 13.5 Å². The van der Waals surface area contributed by atoms with Crippen LogP contribution in [0, 0.1) is 0 Å². The van der Waals surface area contributed by atoms with Gasteiger partial charge in [0.1, 0.15) is 5.75 Å². The zero-order valence-electron chi connectivity index (χ0n) is 13.6. The van der Waals surface area contributed by atoms with E-state index < -0.39 is 5.97 Å². The number of carbonyl (C=O) groups excluding carboxylic acids is 1. The second-order valence-electron chi connectivity index (χ2n) is 5.67. The van der Waals surface area contributed by atoms with E-state index in [0.29, 0.717) is 5.75 Å². The Bertz CT molecular complexity index is 448. The smallest absolute Gasteiger partial charge is 0.341 e. The molecule has 0 saturated heterocycles. The summed E-state index contributed by atoms with van der Waals surface area (Å²) in [4.78, 5) is 11.5. The zero-order valence-corrected chi connectivity index (χ0v) is 13.6. The lowest BCUT2D eigenvalue weighted by Crippen LogP contribution is -2.12. The minimum absolute atomic E-state index is 0.0622. The molecule has 0 unspecified atom stereocenters. The molecule has 0 saturated carbocycles. The minimum atomic E-state index is -0.581. The van der Waals surface area contributed by atoms with Gasteiger partial charge in [-0.25, -0.2) is 4.79 Å². The van der Waals surface area contributed by atoms with Gasteiger partial charge in [-0.3, -0.25) is 0 Å². The lowest BCUT2D eigenvalue weighted by molar-refractivity contribution is -0.130. The van der Waals surface area contributed by atoms with E-state index in [0.717, 1.165) is 6.42 Å². The van der Waals surface area contributed by atoms with Crippen LogP contribution in [-0.2, 0) is 11.2 Å². The van der Waals surface area contributed by atoms with Gasteiger partial charge in [-0.2, -0.15) is 0 Å². The molecule has 0 bridgehead atoms. The summed E-state index contributed by atoms with van der Waals surface area (Å²) >= 11 is 0. The highest BCUT2D eigenvalue weighted by Gasteiger charge is 2.08. The zero-order chi connectivity index (χ0) is 16.2. The molecule has 3 nitrogen and oxygen atoms in total. The summed E-state index contributed by atoms with van der Waals surface area (Å²) in [5.41, 5.74) is 1.32. The lowest BCUT2D eigenvalue weighted by Gasteiger charge is -2.06. The summed E-state index contributed by atoms with van der Waals surface area (Å²) in [5, 5.41) is 8.82. The molecule has 0 amide bonds. The molecule has 0 fully saturated rings. The highest BCUT2D eigenvalue weighted by Crippen LogP contribution is 2.16. The molecule has 1 aromatic rings. The van der Waals surface area contributed by atoms with Crippen LogP contribution in [-0.4, -0.2) is 17.7 Å². The van der Waals surface area contributed by atoms with E-state index in [1.165, 1.54) is 50.5 Å². The Labute approximate surface area is 134 Å². The number of unbranched alkanes of at least 4 members (excludes halogenated alkanes) is 6. The first-order chi connectivity index (χ1) is 10.7. The van der Waals surface area contributed by atoms with Gasteiger partial charge >= 0.3 is 5.97 Å². The first-order valence-corrected chi connectivity index (χ1v) is 8.27. The molecule has 22 heavy (non-hydrogen) atoms. The van der Waals surface area contributed by atoms with Crippen molar-refractivity contribution in [1.82, 2.24) is 0 Å². The average molecular weight is 304 g/mol. The van der Waals surface area contributed by atoms with Gasteiger partial charge in [-0.1, -0.05) is 64.2 Å². The van der Waals surface area contributed by atoms with Gasteiger partial charge in [0.2, 0.25) is 0 Å². The van der Waals surface area contributed by atoms with Crippen LogP contribution >= 0.6 is 0 Å². The summed E-state index contributed by atoms with van der Waals surface area (Å²) in [6.07, 6.45) is 10.2. The van der Waals surface area contributed by atoms with Gasteiger partial charge in [0, 0.05) is 0 Å². The van der Waals surface area contributed by atoms with E-state index in [-0.39, 0.29) is 12.2 Å². The molecule has 0 aromatic heterocycles. The number of benzene rings is 1. The average Bonchev–Trinajstić information content (AvgIpc) is 2.54. The van der Waals surface area contributed by atoms with Crippen LogP contribution in [0.3, 0.4) is 0 Å². The van der Waals surface area contributed by atoms with Gasteiger partial charge in [-0.15, -0.1) is 0 Å². The number of hydrogen-bond donors (Lipinski definition) is 1. The molecular formula is C19H28O3. The Morgan fingerprint density at radius 2 is 1.64 bits per heavy atom. The molecule has 1 N–H and O–H groups in total. The fourth-order valence-electron chi connectivity index (χ4n) is 2.25. The quantitative estimate of drug-likeness (QED) is 0.285. The Balaban J connectivity index is 2.24. The molecule has 1 rings (SSSR count). The van der Waals surface area contributed by atoms with Gasteiger partial charge in [0.15, 0.2) is 0 Å². The SMILES string of the molecule is C=C(CO)C(=O)Oc1ccc(CCCCCCCCC)cc1. The molecule has 0 spiro atoms. The number of esters is 1. The van der Waals surface area contributed by atoms with Crippen LogP contribution < -0.4 is 4.74 Å². The summed E-state index contributed by atoms with van der Waals surface area (Å²) in [6, 6.07) is 7.56. The Morgan fingerprint density at radius 1 is 1.05 bits per heavy atom. The predicted octanol–water partition coefficient (Wildman–Crippen LogP) is 4.43. The normalized spacial score (nSPS) is 10.5. The van der Waals surface area contributed by atoms with Crippen LogP contribution in [0.15, 0.2) is 36.4 Å². The fourth-order valence-corrected chi connectivity index (χ4v) is 2.25. The van der Waals surface area contributed by atoms with Crippen molar-refractivity contribution in [2.24, 2.45) is 0 Å². The minimum Gasteiger partial charge on any atom is -0.423 e. The maximum Gasteiger partial charge on any atom is 0.341 e. The van der Waals surface area contributed by atoms with Gasteiger partial charge in [0.25, 0.3) is 0 Å². The number of carbonyl (C=O) groups is 1. The highest BCUT2D eigenvalue weighted by atomic mass is 16.5. The van der Waals surface area contributed by atoms with Gasteiger partial charge < -0.3 is 9.84 Å². The van der Waals surface area contributed by atoms with Crippen molar-refractivity contribution < 1.29 is 14.6 Å². The van der Waals surface area contributed by atoms with Crippen LogP contribution in [0.5, 0.6) is 5.75 Å². The van der Waals surface area contributed by atoms with E-state index in [1.54, 1.807) is 12.1 Å². The molecule has 3 heteroatoms. The third-order valence-corrected chi connectivity index (χ3v) is 3.68. The second-order valence-corrected chi connectivity index (χ2v) is 5.67. The third-order valence-electron chi connectivity index (χ3n) is 3.68. The lowest BCUT2D eigenvalue weighted by atomic mass is 10.0. The van der Waals surface area contributed by atoms with Crippen molar-refractivity contribution in [1.29, 1.82) is 0 Å². The first-order valence-electron chi connectivity index (χ1n) is 8.27. The molecule has 1 aromatic carbocycles. The number of aryl methyl sites for hydroxylation is 1. The maximum atomic E-state index is 11.5. The second kappa shape index (κ2) is 11.0. The number of rotatable bonds is 11. The molecule has 0 heterocycles. The summed E-state index contributed by atoms with van der Waals surface area (Å²) in [7, 11) is 0. The maximum absolute atomic E-state index is 11.5. The fraction of sp³-hybridized carbons (Fsp3) is 0.526. The third kappa shape index (κ3) is 7.41. The highest BCUT2D eigenvalue weighted by molar-refractivity contribution is 5.89. The standard InChI is InChI=1S/C19H28O3/c1-3-4-5-6-7-8-9-10-17-11-13-18(14-12-17)22-19(21)16(2)15-20/h11-14,20H,2-10,15H2,1H3. The van der Waals surface area contributed by atoms with E-state index in [1.807, 2.05) is 12.1 Å². The topological polar surface area (TPSA) is 46.5 Å². The number of ether oxygens (including phenoxy) is 1. The number of hydrogen-bond acceptors (Lipinski definition) is 3. The van der Waals surface area contributed by atoms with Crippen molar-refractivity contribution in [2.45, 2.75) is 58.3 Å². The molecular weight excluding hydrogens is 276 g/mol. The van der Waals surface area contributed by atoms with Crippen molar-refractivity contribution in [3.05, 3.63) is 42.0 Å². The summed E-state index contributed by atoms with van der Waals surface area (Å²) in [5.74, 6) is -0.0924. The van der Waals surface area contributed by atoms with Crippen molar-refractivity contribution >= 4 is 5.97 Å².